The van der Waals surface area contributed by atoms with E-state index in [9.17, 15) is 0 Å². The van der Waals surface area contributed by atoms with Crippen molar-refractivity contribution in [2.75, 3.05) is 13.6 Å². The molecule has 0 aromatic rings. The van der Waals surface area contributed by atoms with Gasteiger partial charge in [-0.15, -0.1) is 0 Å². The summed E-state index contributed by atoms with van der Waals surface area (Å²) >= 11 is 0. The summed E-state index contributed by atoms with van der Waals surface area (Å²) in [6.07, 6.45) is 12.0. The van der Waals surface area contributed by atoms with E-state index in [1.54, 1.807) is 0 Å². The molecule has 100 valence electrons. The third kappa shape index (κ3) is 2.20. The van der Waals surface area contributed by atoms with E-state index in [2.05, 4.69) is 10.6 Å². The van der Waals surface area contributed by atoms with Gasteiger partial charge in [0.25, 0.3) is 0 Å². The largest absolute Gasteiger partial charge is 0.394 e. The summed E-state index contributed by atoms with van der Waals surface area (Å²) in [5.74, 6) is 2.96. The Hall–Kier alpha value is -0.830. The zero-order valence-corrected chi connectivity index (χ0v) is 11.3. The Morgan fingerprint density at radius 3 is 2.17 bits per heavy atom. The third-order valence-corrected chi connectivity index (χ3v) is 5.22. The van der Waals surface area contributed by atoms with Crippen molar-refractivity contribution in [1.82, 2.24) is 10.6 Å². The lowest BCUT2D eigenvalue weighted by atomic mass is 9.53. The molecule has 4 bridgehead atoms. The third-order valence-electron chi connectivity index (χ3n) is 5.22. The summed E-state index contributed by atoms with van der Waals surface area (Å²) in [5.41, 5.74) is 1.46. The molecule has 4 saturated carbocycles. The fourth-order valence-electron chi connectivity index (χ4n) is 4.95. The highest BCUT2D eigenvalue weighted by Gasteiger charge is 2.50. The standard InChI is InChI=1S/C15H25N3/c1-17-9-14(8-16)10-18-15-5-11-2-12(6-15)4-13(3-11)7-15/h8-9,11-13,16-18H,2-7,10H2,1H3/b14-9+,16-8?. The first-order chi connectivity index (χ1) is 8.73. The van der Waals surface area contributed by atoms with Crippen LogP contribution in [0.4, 0.5) is 0 Å². The quantitative estimate of drug-likeness (QED) is 0.653. The normalized spacial score (nSPS) is 42.1. The van der Waals surface area contributed by atoms with E-state index in [-0.39, 0.29) is 0 Å². The molecule has 0 aromatic heterocycles. The second-order valence-corrected chi connectivity index (χ2v) is 6.70. The lowest BCUT2D eigenvalue weighted by Gasteiger charge is -2.57. The van der Waals surface area contributed by atoms with Crippen molar-refractivity contribution in [1.29, 1.82) is 5.41 Å². The van der Waals surface area contributed by atoms with Crippen molar-refractivity contribution < 1.29 is 0 Å². The van der Waals surface area contributed by atoms with E-state index >= 15 is 0 Å². The summed E-state index contributed by atoms with van der Waals surface area (Å²) in [4.78, 5) is 0. The molecule has 3 nitrogen and oxygen atoms in total. The molecule has 18 heavy (non-hydrogen) atoms. The van der Waals surface area contributed by atoms with Crippen molar-refractivity contribution in [3.8, 4) is 0 Å². The predicted octanol–water partition coefficient (Wildman–Crippen LogP) is 2.30. The highest BCUT2D eigenvalue weighted by molar-refractivity contribution is 5.76. The summed E-state index contributed by atoms with van der Waals surface area (Å²) in [7, 11) is 1.90. The molecule has 0 amide bonds. The van der Waals surface area contributed by atoms with Gasteiger partial charge in [-0.05, 0) is 61.9 Å². The molecule has 0 radical (unpaired) electrons. The molecule has 0 aliphatic heterocycles. The summed E-state index contributed by atoms with van der Waals surface area (Å²) in [6, 6.07) is 0. The first-order valence-electron chi connectivity index (χ1n) is 7.35. The van der Waals surface area contributed by atoms with Crippen LogP contribution >= 0.6 is 0 Å². The van der Waals surface area contributed by atoms with Gasteiger partial charge in [-0.3, -0.25) is 0 Å². The second kappa shape index (κ2) is 4.69. The fraction of sp³-hybridized carbons (Fsp3) is 0.800. The van der Waals surface area contributed by atoms with Crippen LogP contribution in [0.5, 0.6) is 0 Å². The Labute approximate surface area is 110 Å². The second-order valence-electron chi connectivity index (χ2n) is 6.70. The molecule has 3 heteroatoms. The van der Waals surface area contributed by atoms with Gasteiger partial charge in [-0.2, -0.15) is 0 Å². The number of hydrogen-bond donors (Lipinski definition) is 3. The van der Waals surface area contributed by atoms with E-state index in [0.717, 1.165) is 29.9 Å². The van der Waals surface area contributed by atoms with E-state index in [1.807, 2.05) is 13.2 Å². The van der Waals surface area contributed by atoms with Crippen molar-refractivity contribution in [2.24, 2.45) is 17.8 Å². The maximum Gasteiger partial charge on any atom is 0.0240 e. The van der Waals surface area contributed by atoms with Gasteiger partial charge in [-0.1, -0.05) is 0 Å². The van der Waals surface area contributed by atoms with Gasteiger partial charge in [0.2, 0.25) is 0 Å². The molecule has 0 unspecified atom stereocenters. The average molecular weight is 247 g/mol. The molecule has 0 aromatic carbocycles. The minimum atomic E-state index is 0.407. The minimum absolute atomic E-state index is 0.407. The monoisotopic (exact) mass is 247 g/mol. The Kier molecular flexibility index (Phi) is 3.18. The first-order valence-corrected chi connectivity index (χ1v) is 7.35. The molecule has 0 spiro atoms. The maximum atomic E-state index is 7.43. The van der Waals surface area contributed by atoms with Crippen LogP contribution in [0.15, 0.2) is 11.8 Å². The van der Waals surface area contributed by atoms with Crippen LogP contribution in [0.25, 0.3) is 0 Å². The summed E-state index contributed by atoms with van der Waals surface area (Å²) < 4.78 is 0. The highest BCUT2D eigenvalue weighted by atomic mass is 15.0. The maximum absolute atomic E-state index is 7.43. The van der Waals surface area contributed by atoms with Crippen LogP contribution < -0.4 is 10.6 Å². The van der Waals surface area contributed by atoms with E-state index in [1.165, 1.54) is 44.7 Å². The van der Waals surface area contributed by atoms with Gasteiger partial charge in [-0.25, -0.2) is 0 Å². The van der Waals surface area contributed by atoms with Gasteiger partial charge in [0.1, 0.15) is 0 Å². The lowest BCUT2D eigenvalue weighted by molar-refractivity contribution is -0.0180. The van der Waals surface area contributed by atoms with Crippen LogP contribution in [0.1, 0.15) is 38.5 Å². The van der Waals surface area contributed by atoms with Crippen molar-refractivity contribution in [3.63, 3.8) is 0 Å². The van der Waals surface area contributed by atoms with Crippen molar-refractivity contribution in [2.45, 2.75) is 44.1 Å². The van der Waals surface area contributed by atoms with Crippen LogP contribution in [0.2, 0.25) is 0 Å². The predicted molar refractivity (Wildman–Crippen MR) is 74.8 cm³/mol. The summed E-state index contributed by atoms with van der Waals surface area (Å²) in [5, 5.41) is 14.3. The van der Waals surface area contributed by atoms with E-state index in [4.69, 9.17) is 5.41 Å². The molecule has 0 atom stereocenters. The molecule has 0 heterocycles. The SMILES string of the molecule is CN/C=C(\C=N)CNC12CC3CC(CC(C3)C1)C2. The van der Waals surface area contributed by atoms with Crippen LogP contribution in [-0.2, 0) is 0 Å². The topological polar surface area (TPSA) is 47.9 Å². The molecule has 4 fully saturated rings. The zero-order chi connectivity index (χ0) is 12.6. The Bertz CT molecular complexity index is 323. The van der Waals surface area contributed by atoms with Crippen LogP contribution in [-0.4, -0.2) is 25.3 Å². The summed E-state index contributed by atoms with van der Waals surface area (Å²) in [6.45, 7) is 0.844. The molecular formula is C15H25N3. The Morgan fingerprint density at radius 2 is 1.72 bits per heavy atom. The number of hydrogen-bond acceptors (Lipinski definition) is 3. The van der Waals surface area contributed by atoms with Gasteiger partial charge in [0, 0.05) is 31.5 Å². The van der Waals surface area contributed by atoms with Gasteiger partial charge >= 0.3 is 0 Å². The minimum Gasteiger partial charge on any atom is -0.394 e. The van der Waals surface area contributed by atoms with E-state index in [0.29, 0.717) is 5.54 Å². The van der Waals surface area contributed by atoms with Crippen molar-refractivity contribution >= 4 is 6.21 Å². The average Bonchev–Trinajstić information content (AvgIpc) is 2.33. The fourth-order valence-corrected chi connectivity index (χ4v) is 4.95. The first kappa shape index (κ1) is 12.2. The lowest BCUT2D eigenvalue weighted by Crippen LogP contribution is -2.58. The smallest absolute Gasteiger partial charge is 0.0240 e. The Balaban J connectivity index is 1.65. The van der Waals surface area contributed by atoms with Crippen molar-refractivity contribution in [3.05, 3.63) is 11.8 Å². The molecule has 3 N–H and O–H groups in total. The van der Waals surface area contributed by atoms with Crippen LogP contribution in [0.3, 0.4) is 0 Å². The van der Waals surface area contributed by atoms with Gasteiger partial charge < -0.3 is 16.0 Å². The number of rotatable bonds is 5. The highest BCUT2D eigenvalue weighted by Crippen LogP contribution is 2.55. The molecule has 0 saturated heterocycles. The number of nitrogens with one attached hydrogen (secondary N) is 3. The molecular weight excluding hydrogens is 222 g/mol. The van der Waals surface area contributed by atoms with Gasteiger partial charge in [0.15, 0.2) is 0 Å². The van der Waals surface area contributed by atoms with E-state index < -0.39 is 0 Å². The van der Waals surface area contributed by atoms with Crippen LogP contribution in [0, 0.1) is 23.2 Å². The molecule has 4 rings (SSSR count). The Morgan fingerprint density at radius 1 is 1.17 bits per heavy atom. The molecule has 4 aliphatic carbocycles. The zero-order valence-electron chi connectivity index (χ0n) is 11.3. The molecule has 4 aliphatic rings. The van der Waals surface area contributed by atoms with Gasteiger partial charge in [0.05, 0.1) is 0 Å².